The van der Waals surface area contributed by atoms with E-state index in [0.717, 1.165) is 24.1 Å². The molecule has 1 aromatic rings. The lowest BCUT2D eigenvalue weighted by molar-refractivity contribution is 0.120. The van der Waals surface area contributed by atoms with Gasteiger partial charge < -0.3 is 4.74 Å². The van der Waals surface area contributed by atoms with E-state index in [0.29, 0.717) is 0 Å². The van der Waals surface area contributed by atoms with E-state index >= 15 is 0 Å². The zero-order chi connectivity index (χ0) is 8.81. The molecule has 0 amide bonds. The van der Waals surface area contributed by atoms with Crippen molar-refractivity contribution in [1.82, 2.24) is 0 Å². The van der Waals surface area contributed by atoms with Crippen LogP contribution >= 0.6 is 27.3 Å². The highest BCUT2D eigenvalue weighted by atomic mass is 79.9. The van der Waals surface area contributed by atoms with Crippen LogP contribution < -0.4 is 0 Å². The number of unbranched alkanes of at least 4 members (excludes halogenated alkanes) is 1. The molecule has 0 saturated carbocycles. The van der Waals surface area contributed by atoms with Gasteiger partial charge in [-0.15, -0.1) is 11.3 Å². The monoisotopic (exact) mass is 248 g/mol. The number of halogens is 1. The number of hydrogen-bond donors (Lipinski definition) is 0. The van der Waals surface area contributed by atoms with E-state index in [-0.39, 0.29) is 0 Å². The van der Waals surface area contributed by atoms with E-state index in [1.54, 1.807) is 11.3 Å². The molecular weight excluding hydrogens is 236 g/mol. The molecule has 1 aromatic heterocycles. The predicted molar refractivity (Wildman–Crippen MR) is 56.6 cm³/mol. The van der Waals surface area contributed by atoms with E-state index < -0.39 is 0 Å². The lowest BCUT2D eigenvalue weighted by Crippen LogP contribution is -1.92. The Morgan fingerprint density at radius 3 is 3.00 bits per heavy atom. The standard InChI is InChI=1S/C9H13BrOS/c1-2-3-4-11-6-9-5-8(10)7-12-9/h5,7H,2-4,6H2,1H3. The minimum absolute atomic E-state index is 0.760. The minimum atomic E-state index is 0.760. The SMILES string of the molecule is CCCCOCc1cc(Br)cs1. The number of rotatable bonds is 5. The number of ether oxygens (including phenoxy) is 1. The van der Waals surface area contributed by atoms with Crippen molar-refractivity contribution in [3.05, 3.63) is 20.8 Å². The summed E-state index contributed by atoms with van der Waals surface area (Å²) in [6.07, 6.45) is 2.36. The van der Waals surface area contributed by atoms with Gasteiger partial charge in [0.15, 0.2) is 0 Å². The molecule has 0 aliphatic rings. The lowest BCUT2D eigenvalue weighted by Gasteiger charge is -1.99. The fourth-order valence-electron chi connectivity index (χ4n) is 0.849. The van der Waals surface area contributed by atoms with Crippen LogP contribution in [-0.4, -0.2) is 6.61 Å². The summed E-state index contributed by atoms with van der Waals surface area (Å²) < 4.78 is 6.62. The molecule has 1 rings (SSSR count). The van der Waals surface area contributed by atoms with Gasteiger partial charge in [-0.05, 0) is 28.4 Å². The predicted octanol–water partition coefficient (Wildman–Crippen LogP) is 3.83. The Morgan fingerprint density at radius 2 is 2.42 bits per heavy atom. The molecule has 0 aromatic carbocycles. The average Bonchev–Trinajstić information content (AvgIpc) is 2.45. The molecule has 0 saturated heterocycles. The maximum absolute atomic E-state index is 5.46. The van der Waals surface area contributed by atoms with Crippen molar-refractivity contribution in [2.75, 3.05) is 6.61 Å². The second kappa shape index (κ2) is 5.73. The fourth-order valence-corrected chi connectivity index (χ4v) is 2.24. The Kier molecular flexibility index (Phi) is 4.88. The summed E-state index contributed by atoms with van der Waals surface area (Å²) in [5, 5.41) is 2.08. The highest BCUT2D eigenvalue weighted by molar-refractivity contribution is 9.10. The van der Waals surface area contributed by atoms with Crippen LogP contribution in [0.4, 0.5) is 0 Å². The smallest absolute Gasteiger partial charge is 0.0809 e. The first-order chi connectivity index (χ1) is 5.83. The molecule has 0 unspecified atom stereocenters. The third-order valence-corrected chi connectivity index (χ3v) is 3.18. The van der Waals surface area contributed by atoms with E-state index in [4.69, 9.17) is 4.74 Å². The highest BCUT2D eigenvalue weighted by Crippen LogP contribution is 2.20. The molecule has 0 aliphatic heterocycles. The molecule has 0 radical (unpaired) electrons. The normalized spacial score (nSPS) is 10.5. The molecule has 0 spiro atoms. The third kappa shape index (κ3) is 3.70. The molecule has 12 heavy (non-hydrogen) atoms. The van der Waals surface area contributed by atoms with E-state index in [1.165, 1.54) is 11.3 Å². The van der Waals surface area contributed by atoms with Crippen molar-refractivity contribution in [1.29, 1.82) is 0 Å². The van der Waals surface area contributed by atoms with Crippen LogP contribution in [0.1, 0.15) is 24.6 Å². The summed E-state index contributed by atoms with van der Waals surface area (Å²) in [5.41, 5.74) is 0. The van der Waals surface area contributed by atoms with Crippen LogP contribution in [0.2, 0.25) is 0 Å². The van der Waals surface area contributed by atoms with Gasteiger partial charge in [-0.1, -0.05) is 13.3 Å². The van der Waals surface area contributed by atoms with Gasteiger partial charge in [-0.25, -0.2) is 0 Å². The number of hydrogen-bond acceptors (Lipinski definition) is 2. The van der Waals surface area contributed by atoms with Gasteiger partial charge >= 0.3 is 0 Å². The van der Waals surface area contributed by atoms with Crippen LogP contribution in [0.25, 0.3) is 0 Å². The molecule has 3 heteroatoms. The van der Waals surface area contributed by atoms with Gasteiger partial charge in [0.1, 0.15) is 0 Å². The zero-order valence-electron chi connectivity index (χ0n) is 7.18. The van der Waals surface area contributed by atoms with Crippen molar-refractivity contribution < 1.29 is 4.74 Å². The maximum Gasteiger partial charge on any atom is 0.0809 e. The maximum atomic E-state index is 5.46. The summed E-state index contributed by atoms with van der Waals surface area (Å²) in [4.78, 5) is 1.29. The Hall–Kier alpha value is 0.140. The van der Waals surface area contributed by atoms with E-state index in [1.807, 2.05) is 0 Å². The van der Waals surface area contributed by atoms with Gasteiger partial charge in [0, 0.05) is 21.3 Å². The third-order valence-electron chi connectivity index (χ3n) is 1.51. The summed E-state index contributed by atoms with van der Waals surface area (Å²) in [6.45, 7) is 3.81. The Balaban J connectivity index is 2.15. The summed E-state index contributed by atoms with van der Waals surface area (Å²) in [5.74, 6) is 0. The molecule has 0 fully saturated rings. The van der Waals surface area contributed by atoms with Crippen molar-refractivity contribution in [2.24, 2.45) is 0 Å². The van der Waals surface area contributed by atoms with Crippen LogP contribution in [0.3, 0.4) is 0 Å². The topological polar surface area (TPSA) is 9.23 Å². The second-order valence-corrected chi connectivity index (χ2v) is 4.55. The number of thiophene rings is 1. The molecule has 68 valence electrons. The van der Waals surface area contributed by atoms with Crippen LogP contribution in [-0.2, 0) is 11.3 Å². The van der Waals surface area contributed by atoms with Crippen molar-refractivity contribution in [3.63, 3.8) is 0 Å². The lowest BCUT2D eigenvalue weighted by atomic mass is 10.4. The highest BCUT2D eigenvalue weighted by Gasteiger charge is 1.96. The first-order valence-electron chi connectivity index (χ1n) is 4.13. The molecule has 0 aliphatic carbocycles. The Bertz CT molecular complexity index is 222. The molecule has 1 heterocycles. The minimum Gasteiger partial charge on any atom is -0.376 e. The summed E-state index contributed by atoms with van der Waals surface area (Å²) in [7, 11) is 0. The quantitative estimate of drug-likeness (QED) is 0.720. The van der Waals surface area contributed by atoms with Gasteiger partial charge in [0.05, 0.1) is 6.61 Å². The van der Waals surface area contributed by atoms with Gasteiger partial charge in [0.2, 0.25) is 0 Å². The first-order valence-corrected chi connectivity index (χ1v) is 5.81. The summed E-state index contributed by atoms with van der Waals surface area (Å²) >= 11 is 5.15. The van der Waals surface area contributed by atoms with Gasteiger partial charge in [0.25, 0.3) is 0 Å². The molecule has 0 N–H and O–H groups in total. The summed E-state index contributed by atoms with van der Waals surface area (Å²) in [6, 6.07) is 2.11. The Labute approximate surface area is 85.9 Å². The average molecular weight is 249 g/mol. The van der Waals surface area contributed by atoms with Crippen molar-refractivity contribution in [3.8, 4) is 0 Å². The van der Waals surface area contributed by atoms with Gasteiger partial charge in [-0.2, -0.15) is 0 Å². The Morgan fingerprint density at radius 1 is 1.58 bits per heavy atom. The first kappa shape index (κ1) is 10.2. The molecule has 0 bridgehead atoms. The van der Waals surface area contributed by atoms with Crippen LogP contribution in [0.15, 0.2) is 15.9 Å². The van der Waals surface area contributed by atoms with Gasteiger partial charge in [-0.3, -0.25) is 0 Å². The van der Waals surface area contributed by atoms with Crippen LogP contribution in [0, 0.1) is 0 Å². The molecule has 0 atom stereocenters. The fraction of sp³-hybridized carbons (Fsp3) is 0.556. The van der Waals surface area contributed by atoms with Crippen molar-refractivity contribution in [2.45, 2.75) is 26.4 Å². The second-order valence-electron chi connectivity index (χ2n) is 2.64. The van der Waals surface area contributed by atoms with E-state index in [2.05, 4.69) is 34.3 Å². The van der Waals surface area contributed by atoms with E-state index in [9.17, 15) is 0 Å². The zero-order valence-corrected chi connectivity index (χ0v) is 9.58. The van der Waals surface area contributed by atoms with Crippen molar-refractivity contribution >= 4 is 27.3 Å². The van der Waals surface area contributed by atoms with Crippen LogP contribution in [0.5, 0.6) is 0 Å². The molecule has 1 nitrogen and oxygen atoms in total. The largest absolute Gasteiger partial charge is 0.376 e. The molecular formula is C9H13BrOS.